The Labute approximate surface area is 200 Å². The minimum Gasteiger partial charge on any atom is -0.480 e. The number of carboxylic acid groups (broad SMARTS) is 1. The Morgan fingerprint density at radius 1 is 1.32 bits per heavy atom. The average molecular weight is 472 g/mol. The Kier molecular flexibility index (Phi) is 8.84. The van der Waals surface area contributed by atoms with Crippen LogP contribution in [0, 0.1) is 5.92 Å². The quantitative estimate of drug-likeness (QED) is 0.314. The highest BCUT2D eigenvalue weighted by molar-refractivity contribution is 5.99. The molecule has 0 radical (unpaired) electrons. The number of aliphatic carboxylic acids is 1. The number of nitrogens with zero attached hydrogens (tertiary/aromatic N) is 1. The van der Waals surface area contributed by atoms with Crippen molar-refractivity contribution in [2.45, 2.75) is 50.7 Å². The van der Waals surface area contributed by atoms with Gasteiger partial charge in [0.15, 0.2) is 0 Å². The number of fused-ring (bicyclic) bond motifs is 2. The molecule has 2 heterocycles. The van der Waals surface area contributed by atoms with Gasteiger partial charge in [0.25, 0.3) is 0 Å². The monoisotopic (exact) mass is 471 g/mol. The SMILES string of the molecule is C[C@@H](CO)NC(=O)[C@@H]1C=C2c3cccc4[nH]cc(c34)C[C@H]2N(C)C1.NCCCCC(N)C(=O)O. The van der Waals surface area contributed by atoms with Gasteiger partial charge in [-0.05, 0) is 62.5 Å². The normalized spacial score (nSPS) is 21.0. The van der Waals surface area contributed by atoms with Crippen LogP contribution in [0.1, 0.15) is 37.3 Å². The highest BCUT2D eigenvalue weighted by Crippen LogP contribution is 2.40. The summed E-state index contributed by atoms with van der Waals surface area (Å²) in [5, 5.41) is 21.7. The molecule has 4 atom stereocenters. The summed E-state index contributed by atoms with van der Waals surface area (Å²) in [4.78, 5) is 28.3. The van der Waals surface area contributed by atoms with Gasteiger partial charge in [0.05, 0.1) is 12.5 Å². The predicted octanol–water partition coefficient (Wildman–Crippen LogP) is 1.06. The standard InChI is InChI=1S/C19H23N3O2.C6H14N2O2/c1-11(10-23)21-19(24)13-6-15-14-4-3-5-16-18(14)12(8-20-16)7-17(15)22(2)9-13;7-4-2-1-3-5(8)6(9)10/h3-6,8,11,13,17,20,23H,7,9-10H2,1-2H3,(H,21,24);5H,1-4,7-8H2,(H,9,10)/t11-,13+,17+;/m0./s1. The second-order valence-electron chi connectivity index (χ2n) is 9.25. The number of carboxylic acids is 1. The first kappa shape index (κ1) is 25.9. The molecule has 0 saturated carbocycles. The smallest absolute Gasteiger partial charge is 0.320 e. The van der Waals surface area contributed by atoms with Gasteiger partial charge in [-0.25, -0.2) is 0 Å². The molecule has 34 heavy (non-hydrogen) atoms. The second kappa shape index (κ2) is 11.6. The van der Waals surface area contributed by atoms with Gasteiger partial charge >= 0.3 is 5.97 Å². The van der Waals surface area contributed by atoms with Crippen LogP contribution in [0.2, 0.25) is 0 Å². The molecule has 1 aromatic carbocycles. The zero-order valence-corrected chi connectivity index (χ0v) is 20.0. The fourth-order valence-corrected chi connectivity index (χ4v) is 4.64. The number of nitrogens with two attached hydrogens (primary N) is 2. The zero-order chi connectivity index (χ0) is 24.8. The van der Waals surface area contributed by atoms with Gasteiger partial charge in [-0.2, -0.15) is 0 Å². The van der Waals surface area contributed by atoms with Crippen molar-refractivity contribution in [2.75, 3.05) is 26.7 Å². The number of carbonyl (C=O) groups excluding carboxylic acids is 1. The molecule has 2 aliphatic rings. The van der Waals surface area contributed by atoms with Crippen LogP contribution >= 0.6 is 0 Å². The minimum atomic E-state index is -0.933. The third kappa shape index (κ3) is 5.85. The summed E-state index contributed by atoms with van der Waals surface area (Å²) in [7, 11) is 2.09. The molecule has 0 bridgehead atoms. The summed E-state index contributed by atoms with van der Waals surface area (Å²) in [6.07, 6.45) is 7.38. The molecule has 0 saturated heterocycles. The van der Waals surface area contributed by atoms with Crippen molar-refractivity contribution in [2.24, 2.45) is 17.4 Å². The van der Waals surface area contributed by atoms with E-state index in [2.05, 4.69) is 52.7 Å². The Hall–Kier alpha value is -2.72. The van der Waals surface area contributed by atoms with E-state index in [9.17, 15) is 9.59 Å². The first-order valence-electron chi connectivity index (χ1n) is 11.9. The van der Waals surface area contributed by atoms with Crippen molar-refractivity contribution in [3.05, 3.63) is 41.6 Å². The first-order valence-corrected chi connectivity index (χ1v) is 11.9. The van der Waals surface area contributed by atoms with Crippen LogP contribution in [0.3, 0.4) is 0 Å². The topological polar surface area (TPSA) is 158 Å². The third-order valence-electron chi connectivity index (χ3n) is 6.55. The molecule has 0 fully saturated rings. The molecule has 1 aliphatic heterocycles. The van der Waals surface area contributed by atoms with E-state index in [0.29, 0.717) is 25.6 Å². The average Bonchev–Trinajstić information content (AvgIpc) is 3.24. The minimum absolute atomic E-state index is 0.0126. The summed E-state index contributed by atoms with van der Waals surface area (Å²) in [6, 6.07) is 5.71. The summed E-state index contributed by atoms with van der Waals surface area (Å²) in [5.41, 5.74) is 15.4. The molecule has 9 nitrogen and oxygen atoms in total. The largest absolute Gasteiger partial charge is 0.480 e. The number of unbranched alkanes of at least 4 members (excludes halogenated alkanes) is 1. The van der Waals surface area contributed by atoms with Crippen LogP contribution in [0.25, 0.3) is 16.5 Å². The summed E-state index contributed by atoms with van der Waals surface area (Å²) in [5.74, 6) is -1.13. The zero-order valence-electron chi connectivity index (χ0n) is 20.0. The van der Waals surface area contributed by atoms with Crippen LogP contribution in [0.4, 0.5) is 0 Å². The van der Waals surface area contributed by atoms with Crippen molar-refractivity contribution in [3.8, 4) is 0 Å². The Balaban J connectivity index is 0.000000277. The van der Waals surface area contributed by atoms with Gasteiger partial charge in [-0.3, -0.25) is 14.5 Å². The maximum atomic E-state index is 12.5. The molecule has 9 heteroatoms. The molecule has 1 unspecified atom stereocenters. The number of aromatic nitrogens is 1. The number of carbonyl (C=O) groups is 2. The third-order valence-corrected chi connectivity index (χ3v) is 6.55. The molecule has 186 valence electrons. The lowest BCUT2D eigenvalue weighted by Gasteiger charge is -2.39. The van der Waals surface area contributed by atoms with Crippen molar-refractivity contribution >= 4 is 28.4 Å². The predicted molar refractivity (Wildman–Crippen MR) is 133 cm³/mol. The number of rotatable bonds is 8. The highest BCUT2D eigenvalue weighted by atomic mass is 16.4. The molecule has 1 aromatic heterocycles. The number of likely N-dealkylation sites (N-methyl/N-ethyl adjacent to an activating group) is 1. The fraction of sp³-hybridized carbons (Fsp3) is 0.520. The van der Waals surface area contributed by atoms with E-state index in [4.69, 9.17) is 21.7 Å². The van der Waals surface area contributed by atoms with Crippen LogP contribution in [-0.4, -0.2) is 76.8 Å². The van der Waals surface area contributed by atoms with Crippen molar-refractivity contribution in [1.82, 2.24) is 15.2 Å². The van der Waals surface area contributed by atoms with E-state index < -0.39 is 12.0 Å². The second-order valence-corrected chi connectivity index (χ2v) is 9.25. The molecular weight excluding hydrogens is 434 g/mol. The van der Waals surface area contributed by atoms with Crippen LogP contribution in [-0.2, 0) is 16.0 Å². The lowest BCUT2D eigenvalue weighted by atomic mass is 9.80. The molecule has 2 aromatic rings. The maximum Gasteiger partial charge on any atom is 0.320 e. The number of nitrogens with one attached hydrogen (secondary N) is 2. The fourth-order valence-electron chi connectivity index (χ4n) is 4.64. The van der Waals surface area contributed by atoms with Crippen LogP contribution in [0.5, 0.6) is 0 Å². The van der Waals surface area contributed by atoms with E-state index in [1.165, 1.54) is 22.1 Å². The van der Waals surface area contributed by atoms with E-state index in [1.807, 2.05) is 6.92 Å². The molecule has 1 amide bonds. The number of hydrogen-bond donors (Lipinski definition) is 6. The lowest BCUT2D eigenvalue weighted by molar-refractivity contribution is -0.138. The van der Waals surface area contributed by atoms with Crippen LogP contribution in [0.15, 0.2) is 30.5 Å². The number of amides is 1. The van der Waals surface area contributed by atoms with E-state index in [-0.39, 0.29) is 24.5 Å². The number of benzene rings is 1. The Morgan fingerprint density at radius 2 is 2.09 bits per heavy atom. The number of aliphatic hydroxyl groups is 1. The highest BCUT2D eigenvalue weighted by Gasteiger charge is 2.35. The van der Waals surface area contributed by atoms with Crippen molar-refractivity contribution in [1.29, 1.82) is 0 Å². The van der Waals surface area contributed by atoms with Gasteiger partial charge in [0.1, 0.15) is 6.04 Å². The number of H-pyrrole nitrogens is 1. The molecular formula is C25H37N5O4. The molecule has 4 rings (SSSR count). The lowest BCUT2D eigenvalue weighted by Crippen LogP contribution is -2.48. The first-order chi connectivity index (χ1) is 16.3. The Bertz CT molecular complexity index is 1030. The molecule has 0 spiro atoms. The van der Waals surface area contributed by atoms with E-state index in [0.717, 1.165) is 24.8 Å². The van der Waals surface area contributed by atoms with Gasteiger partial charge in [0, 0.05) is 35.7 Å². The van der Waals surface area contributed by atoms with Crippen LogP contribution < -0.4 is 16.8 Å². The Morgan fingerprint density at radius 3 is 2.76 bits per heavy atom. The van der Waals surface area contributed by atoms with Crippen molar-refractivity contribution < 1.29 is 19.8 Å². The summed E-state index contributed by atoms with van der Waals surface area (Å²) in [6.45, 7) is 3.08. The summed E-state index contributed by atoms with van der Waals surface area (Å²) >= 11 is 0. The van der Waals surface area contributed by atoms with Gasteiger partial charge in [-0.15, -0.1) is 0 Å². The number of hydrogen-bond acceptors (Lipinski definition) is 6. The van der Waals surface area contributed by atoms with Gasteiger partial charge in [0.2, 0.25) is 5.91 Å². The molecule has 8 N–H and O–H groups in total. The van der Waals surface area contributed by atoms with Gasteiger partial charge in [-0.1, -0.05) is 24.6 Å². The number of aromatic amines is 1. The maximum absolute atomic E-state index is 12.5. The van der Waals surface area contributed by atoms with Gasteiger partial charge < -0.3 is 32.0 Å². The van der Waals surface area contributed by atoms with E-state index in [1.54, 1.807) is 0 Å². The van der Waals surface area contributed by atoms with Crippen molar-refractivity contribution in [3.63, 3.8) is 0 Å². The molecule has 1 aliphatic carbocycles. The number of aliphatic hydroxyl groups excluding tert-OH is 1. The van der Waals surface area contributed by atoms with E-state index >= 15 is 0 Å². The summed E-state index contributed by atoms with van der Waals surface area (Å²) < 4.78 is 0.